The molecule has 2 rings (SSSR count). The number of carboxylic acid groups (broad SMARTS) is 1. The number of ether oxygens (including phenoxy) is 1. The highest BCUT2D eigenvalue weighted by Crippen LogP contribution is 2.10. The summed E-state index contributed by atoms with van der Waals surface area (Å²) in [5.41, 5.74) is 0.830. The number of benzene rings is 1. The quantitative estimate of drug-likeness (QED) is 0.637. The Morgan fingerprint density at radius 3 is 2.76 bits per heavy atom. The average Bonchev–Trinajstić information content (AvgIpc) is 3.01. The molecular weight excluding hydrogens is 346 g/mol. The second kappa shape index (κ2) is 9.62. The first kappa shape index (κ1) is 18.7. The van der Waals surface area contributed by atoms with Crippen molar-refractivity contribution in [3.05, 3.63) is 41.7 Å². The molecule has 2 N–H and O–H groups in total. The summed E-state index contributed by atoms with van der Waals surface area (Å²) in [5.74, 6) is 0.525. The lowest BCUT2D eigenvalue weighted by Gasteiger charge is -2.14. The van der Waals surface area contributed by atoms with Crippen molar-refractivity contribution < 1.29 is 19.4 Å². The third-order valence-electron chi connectivity index (χ3n) is 3.13. The standard InChI is InChI=1S/C15H19N5O4S/c1-20-18-13(17-19-20)10-25-8-7-12(14(21)22)16-15(23)24-9-11-5-3-2-4-6-11/h2-6,12H,7-10H2,1H3,(H,16,23)(H,21,22). The first-order valence-corrected chi connectivity index (χ1v) is 8.70. The van der Waals surface area contributed by atoms with Crippen molar-refractivity contribution in [1.82, 2.24) is 25.5 Å². The minimum atomic E-state index is -1.10. The molecule has 0 saturated carbocycles. The fraction of sp³-hybridized carbons (Fsp3) is 0.400. The van der Waals surface area contributed by atoms with E-state index in [1.54, 1.807) is 7.05 Å². The van der Waals surface area contributed by atoms with E-state index in [-0.39, 0.29) is 13.0 Å². The van der Waals surface area contributed by atoms with Crippen LogP contribution in [-0.2, 0) is 28.9 Å². The number of carboxylic acids is 1. The van der Waals surface area contributed by atoms with Gasteiger partial charge in [-0.3, -0.25) is 0 Å². The van der Waals surface area contributed by atoms with Gasteiger partial charge >= 0.3 is 12.1 Å². The van der Waals surface area contributed by atoms with Crippen LogP contribution < -0.4 is 5.32 Å². The second-order valence-corrected chi connectivity index (χ2v) is 6.24. The molecule has 0 aliphatic carbocycles. The third-order valence-corrected chi connectivity index (χ3v) is 4.12. The smallest absolute Gasteiger partial charge is 0.408 e. The van der Waals surface area contributed by atoms with Crippen LogP contribution in [0, 0.1) is 0 Å². The summed E-state index contributed by atoms with van der Waals surface area (Å²) in [5, 5.41) is 23.2. The number of thioether (sulfide) groups is 1. The number of nitrogens with one attached hydrogen (secondary N) is 1. The van der Waals surface area contributed by atoms with E-state index in [0.29, 0.717) is 17.3 Å². The summed E-state index contributed by atoms with van der Waals surface area (Å²) in [6.07, 6.45) is -0.488. The number of nitrogens with zero attached hydrogens (tertiary/aromatic N) is 4. The molecule has 0 saturated heterocycles. The van der Waals surface area contributed by atoms with Gasteiger partial charge in [0, 0.05) is 0 Å². The van der Waals surface area contributed by atoms with Crippen LogP contribution in [0.5, 0.6) is 0 Å². The topological polar surface area (TPSA) is 119 Å². The molecular formula is C15H19N5O4S. The fourth-order valence-corrected chi connectivity index (χ4v) is 2.75. The minimum absolute atomic E-state index is 0.0894. The number of aryl methyl sites for hydroxylation is 1. The first-order chi connectivity index (χ1) is 12.0. The molecule has 1 amide bonds. The molecule has 0 fully saturated rings. The Kier molecular flexibility index (Phi) is 7.20. The molecule has 1 heterocycles. The molecule has 0 aliphatic heterocycles. The van der Waals surface area contributed by atoms with Gasteiger partial charge in [0.2, 0.25) is 0 Å². The monoisotopic (exact) mass is 365 g/mol. The fourth-order valence-electron chi connectivity index (χ4n) is 1.91. The maximum absolute atomic E-state index is 11.8. The average molecular weight is 365 g/mol. The molecule has 0 spiro atoms. The molecule has 1 atom stereocenters. The highest BCUT2D eigenvalue weighted by molar-refractivity contribution is 7.98. The van der Waals surface area contributed by atoms with Gasteiger partial charge in [-0.1, -0.05) is 30.3 Å². The molecule has 1 aromatic carbocycles. The Balaban J connectivity index is 1.70. The summed E-state index contributed by atoms with van der Waals surface area (Å²) in [6.45, 7) is 0.0894. The predicted molar refractivity (Wildman–Crippen MR) is 90.8 cm³/mol. The van der Waals surface area contributed by atoms with Crippen molar-refractivity contribution in [2.24, 2.45) is 7.05 Å². The Labute approximate surface area is 148 Å². The van der Waals surface area contributed by atoms with Crippen LogP contribution in [0.25, 0.3) is 0 Å². The van der Waals surface area contributed by atoms with Gasteiger partial charge in [-0.2, -0.15) is 16.6 Å². The maximum atomic E-state index is 11.8. The second-order valence-electron chi connectivity index (χ2n) is 5.13. The van der Waals surface area contributed by atoms with E-state index in [1.165, 1.54) is 16.6 Å². The van der Waals surface area contributed by atoms with Gasteiger partial charge in [0.05, 0.1) is 12.8 Å². The van der Waals surface area contributed by atoms with Crippen molar-refractivity contribution in [3.8, 4) is 0 Å². The van der Waals surface area contributed by atoms with E-state index in [9.17, 15) is 14.7 Å². The van der Waals surface area contributed by atoms with Crippen LogP contribution in [0.4, 0.5) is 4.79 Å². The normalized spacial score (nSPS) is 11.7. The van der Waals surface area contributed by atoms with Gasteiger partial charge in [0.15, 0.2) is 5.82 Å². The number of aromatic nitrogens is 4. The molecule has 10 heteroatoms. The van der Waals surface area contributed by atoms with Crippen molar-refractivity contribution in [3.63, 3.8) is 0 Å². The maximum Gasteiger partial charge on any atom is 0.408 e. The first-order valence-electron chi connectivity index (χ1n) is 7.55. The van der Waals surface area contributed by atoms with Crippen molar-refractivity contribution >= 4 is 23.8 Å². The summed E-state index contributed by atoms with van der Waals surface area (Å²) in [4.78, 5) is 24.4. The Morgan fingerprint density at radius 2 is 2.12 bits per heavy atom. The number of hydrogen-bond donors (Lipinski definition) is 2. The zero-order valence-corrected chi connectivity index (χ0v) is 14.5. The van der Waals surface area contributed by atoms with Crippen LogP contribution >= 0.6 is 11.8 Å². The van der Waals surface area contributed by atoms with E-state index in [1.807, 2.05) is 30.3 Å². The SMILES string of the molecule is Cn1nnc(CSCCC(NC(=O)OCc2ccccc2)C(=O)O)n1. The van der Waals surface area contributed by atoms with Crippen LogP contribution in [0.1, 0.15) is 17.8 Å². The van der Waals surface area contributed by atoms with E-state index in [0.717, 1.165) is 5.56 Å². The van der Waals surface area contributed by atoms with Crippen LogP contribution in [0.2, 0.25) is 0 Å². The third kappa shape index (κ3) is 6.79. The molecule has 2 aromatic rings. The van der Waals surface area contributed by atoms with Gasteiger partial charge in [-0.25, -0.2) is 9.59 Å². The molecule has 0 radical (unpaired) electrons. The lowest BCUT2D eigenvalue weighted by atomic mass is 10.2. The summed E-state index contributed by atoms with van der Waals surface area (Å²) in [6, 6.07) is 8.15. The Morgan fingerprint density at radius 1 is 1.36 bits per heavy atom. The summed E-state index contributed by atoms with van der Waals surface area (Å²) in [7, 11) is 1.67. The predicted octanol–water partition coefficient (Wildman–Crippen LogP) is 1.21. The van der Waals surface area contributed by atoms with Gasteiger partial charge in [0.25, 0.3) is 0 Å². The Bertz CT molecular complexity index is 694. The van der Waals surface area contributed by atoms with Crippen molar-refractivity contribution in [2.45, 2.75) is 24.8 Å². The highest BCUT2D eigenvalue weighted by Gasteiger charge is 2.20. The number of hydrogen-bond acceptors (Lipinski definition) is 7. The molecule has 134 valence electrons. The number of carbonyl (C=O) groups is 2. The van der Waals surface area contributed by atoms with Crippen LogP contribution in [0.3, 0.4) is 0 Å². The van der Waals surface area contributed by atoms with E-state index in [2.05, 4.69) is 20.7 Å². The van der Waals surface area contributed by atoms with Crippen molar-refractivity contribution in [1.29, 1.82) is 0 Å². The van der Waals surface area contributed by atoms with Gasteiger partial charge in [-0.15, -0.1) is 10.2 Å². The minimum Gasteiger partial charge on any atom is -0.480 e. The van der Waals surface area contributed by atoms with Crippen LogP contribution in [-0.4, -0.2) is 49.2 Å². The van der Waals surface area contributed by atoms with Crippen LogP contribution in [0.15, 0.2) is 30.3 Å². The number of aliphatic carboxylic acids is 1. The molecule has 0 aliphatic rings. The molecule has 1 aromatic heterocycles. The lowest BCUT2D eigenvalue weighted by molar-refractivity contribution is -0.139. The zero-order valence-electron chi connectivity index (χ0n) is 13.7. The number of carbonyl (C=O) groups excluding carboxylic acids is 1. The number of alkyl carbamates (subject to hydrolysis) is 1. The molecule has 1 unspecified atom stereocenters. The summed E-state index contributed by atoms with van der Waals surface area (Å²) < 4.78 is 5.04. The lowest BCUT2D eigenvalue weighted by Crippen LogP contribution is -2.41. The Hall–Kier alpha value is -2.62. The summed E-state index contributed by atoms with van der Waals surface area (Å²) >= 11 is 1.47. The van der Waals surface area contributed by atoms with Gasteiger partial charge in [-0.05, 0) is 23.0 Å². The highest BCUT2D eigenvalue weighted by atomic mass is 32.2. The number of amides is 1. The number of tetrazole rings is 1. The molecule has 9 nitrogen and oxygen atoms in total. The number of rotatable bonds is 9. The zero-order chi connectivity index (χ0) is 18.1. The van der Waals surface area contributed by atoms with E-state index < -0.39 is 18.1 Å². The van der Waals surface area contributed by atoms with E-state index in [4.69, 9.17) is 4.74 Å². The van der Waals surface area contributed by atoms with Crippen molar-refractivity contribution in [2.75, 3.05) is 5.75 Å². The van der Waals surface area contributed by atoms with Gasteiger partial charge < -0.3 is 15.2 Å². The van der Waals surface area contributed by atoms with Gasteiger partial charge in [0.1, 0.15) is 12.6 Å². The molecule has 25 heavy (non-hydrogen) atoms. The molecule has 0 bridgehead atoms. The van der Waals surface area contributed by atoms with E-state index >= 15 is 0 Å². The largest absolute Gasteiger partial charge is 0.480 e.